The van der Waals surface area contributed by atoms with Crippen molar-refractivity contribution in [2.75, 3.05) is 19.7 Å². The Labute approximate surface area is 97.9 Å². The molecule has 0 bridgehead atoms. The van der Waals surface area contributed by atoms with E-state index < -0.39 is 0 Å². The zero-order chi connectivity index (χ0) is 11.6. The molecule has 0 spiro atoms. The highest BCUT2D eigenvalue weighted by molar-refractivity contribution is 5.15. The van der Waals surface area contributed by atoms with Gasteiger partial charge in [0, 0.05) is 31.7 Å². The highest BCUT2D eigenvalue weighted by Gasteiger charge is 2.39. The molecule has 1 aliphatic heterocycles. The monoisotopic (exact) mass is 219 g/mol. The van der Waals surface area contributed by atoms with E-state index >= 15 is 0 Å². The van der Waals surface area contributed by atoms with Crippen LogP contribution in [0.5, 0.6) is 0 Å². The minimum atomic E-state index is 0.0782. The van der Waals surface area contributed by atoms with Gasteiger partial charge in [-0.1, -0.05) is 44.2 Å². The van der Waals surface area contributed by atoms with Gasteiger partial charge in [0.15, 0.2) is 0 Å². The van der Waals surface area contributed by atoms with E-state index in [1.807, 2.05) is 6.07 Å². The Hall–Kier alpha value is -0.860. The van der Waals surface area contributed by atoms with E-state index in [9.17, 15) is 5.11 Å². The van der Waals surface area contributed by atoms with Crippen LogP contribution in [0.15, 0.2) is 30.3 Å². The molecular formula is C14H21NO. The van der Waals surface area contributed by atoms with Crippen LogP contribution in [0.1, 0.15) is 19.4 Å². The quantitative estimate of drug-likeness (QED) is 0.842. The SMILES string of the molecule is C[C@H]1CN(Cc2ccccc2)C[C@]1(C)CO. The number of rotatable bonds is 3. The maximum Gasteiger partial charge on any atom is 0.0500 e. The Morgan fingerprint density at radius 2 is 2.06 bits per heavy atom. The largest absolute Gasteiger partial charge is 0.396 e. The number of hydrogen-bond donors (Lipinski definition) is 1. The van der Waals surface area contributed by atoms with Crippen LogP contribution in [0.4, 0.5) is 0 Å². The van der Waals surface area contributed by atoms with Crippen LogP contribution in [0.3, 0.4) is 0 Å². The summed E-state index contributed by atoms with van der Waals surface area (Å²) in [5, 5.41) is 9.45. The number of benzene rings is 1. The van der Waals surface area contributed by atoms with E-state index in [2.05, 4.69) is 43.0 Å². The highest BCUT2D eigenvalue weighted by Crippen LogP contribution is 2.35. The van der Waals surface area contributed by atoms with Crippen LogP contribution in [0.2, 0.25) is 0 Å². The van der Waals surface area contributed by atoms with Gasteiger partial charge >= 0.3 is 0 Å². The molecular weight excluding hydrogens is 198 g/mol. The summed E-state index contributed by atoms with van der Waals surface area (Å²) in [7, 11) is 0. The van der Waals surface area contributed by atoms with Gasteiger partial charge in [-0.15, -0.1) is 0 Å². The average Bonchev–Trinajstić information content (AvgIpc) is 2.56. The van der Waals surface area contributed by atoms with Crippen molar-refractivity contribution in [3.63, 3.8) is 0 Å². The molecule has 0 aliphatic carbocycles. The third kappa shape index (κ3) is 2.28. The fraction of sp³-hybridized carbons (Fsp3) is 0.571. The summed E-state index contributed by atoms with van der Waals surface area (Å²) < 4.78 is 0. The number of nitrogens with zero attached hydrogens (tertiary/aromatic N) is 1. The molecule has 0 radical (unpaired) electrons. The molecule has 0 saturated carbocycles. The van der Waals surface area contributed by atoms with Gasteiger partial charge < -0.3 is 5.11 Å². The lowest BCUT2D eigenvalue weighted by atomic mass is 9.82. The zero-order valence-electron chi connectivity index (χ0n) is 10.2. The first kappa shape index (κ1) is 11.6. The lowest BCUT2D eigenvalue weighted by Crippen LogP contribution is -2.30. The molecule has 16 heavy (non-hydrogen) atoms. The Kier molecular flexibility index (Phi) is 3.31. The standard InChI is InChI=1S/C14H21NO/c1-12-8-15(10-14(12,2)11-16)9-13-6-4-3-5-7-13/h3-7,12,16H,8-11H2,1-2H3/t12-,14+/m0/s1. The summed E-state index contributed by atoms with van der Waals surface area (Å²) in [4.78, 5) is 2.44. The molecule has 2 atom stereocenters. The minimum Gasteiger partial charge on any atom is -0.396 e. The van der Waals surface area contributed by atoms with Crippen molar-refractivity contribution in [1.82, 2.24) is 4.90 Å². The van der Waals surface area contributed by atoms with Gasteiger partial charge in [-0.3, -0.25) is 4.90 Å². The predicted molar refractivity (Wildman–Crippen MR) is 66.1 cm³/mol. The Bertz CT molecular complexity index is 338. The molecule has 1 aromatic carbocycles. The normalized spacial score (nSPS) is 30.8. The maximum absolute atomic E-state index is 9.45. The van der Waals surface area contributed by atoms with E-state index in [4.69, 9.17) is 0 Å². The van der Waals surface area contributed by atoms with Crippen molar-refractivity contribution in [2.45, 2.75) is 20.4 Å². The molecule has 2 nitrogen and oxygen atoms in total. The van der Waals surface area contributed by atoms with Crippen LogP contribution in [-0.2, 0) is 6.54 Å². The van der Waals surface area contributed by atoms with E-state index in [-0.39, 0.29) is 5.41 Å². The summed E-state index contributed by atoms with van der Waals surface area (Å²) in [5.41, 5.74) is 1.44. The number of aliphatic hydroxyl groups excluding tert-OH is 1. The molecule has 88 valence electrons. The third-order valence-corrected chi connectivity index (χ3v) is 3.92. The van der Waals surface area contributed by atoms with Gasteiger partial charge in [0.1, 0.15) is 0 Å². The second-order valence-electron chi connectivity index (χ2n) is 5.37. The molecule has 1 heterocycles. The van der Waals surface area contributed by atoms with Crippen LogP contribution >= 0.6 is 0 Å². The summed E-state index contributed by atoms with van der Waals surface area (Å²) in [6.07, 6.45) is 0. The van der Waals surface area contributed by atoms with E-state index in [0.717, 1.165) is 19.6 Å². The molecule has 2 rings (SSSR count). The van der Waals surface area contributed by atoms with Crippen LogP contribution in [0, 0.1) is 11.3 Å². The first-order chi connectivity index (χ1) is 7.64. The minimum absolute atomic E-state index is 0.0782. The van der Waals surface area contributed by atoms with Gasteiger partial charge in [-0.25, -0.2) is 0 Å². The summed E-state index contributed by atoms with van der Waals surface area (Å²) >= 11 is 0. The van der Waals surface area contributed by atoms with Crippen LogP contribution in [0.25, 0.3) is 0 Å². The summed E-state index contributed by atoms with van der Waals surface area (Å²) in [6, 6.07) is 10.5. The van der Waals surface area contributed by atoms with E-state index in [1.165, 1.54) is 5.56 Å². The fourth-order valence-electron chi connectivity index (χ4n) is 2.51. The van der Waals surface area contributed by atoms with Crippen molar-refractivity contribution in [2.24, 2.45) is 11.3 Å². The highest BCUT2D eigenvalue weighted by atomic mass is 16.3. The number of aliphatic hydroxyl groups is 1. The van der Waals surface area contributed by atoms with E-state index in [1.54, 1.807) is 0 Å². The molecule has 1 saturated heterocycles. The smallest absolute Gasteiger partial charge is 0.0500 e. The number of hydrogen-bond acceptors (Lipinski definition) is 2. The third-order valence-electron chi connectivity index (χ3n) is 3.92. The van der Waals surface area contributed by atoms with Gasteiger partial charge in [0.05, 0.1) is 0 Å². The second kappa shape index (κ2) is 4.56. The topological polar surface area (TPSA) is 23.5 Å². The zero-order valence-corrected chi connectivity index (χ0v) is 10.2. The first-order valence-corrected chi connectivity index (χ1v) is 6.01. The summed E-state index contributed by atoms with van der Waals surface area (Å²) in [6.45, 7) is 7.80. The molecule has 1 fully saturated rings. The predicted octanol–water partition coefficient (Wildman–Crippen LogP) is 2.14. The molecule has 1 N–H and O–H groups in total. The summed E-state index contributed by atoms with van der Waals surface area (Å²) in [5.74, 6) is 0.571. The van der Waals surface area contributed by atoms with Crippen molar-refractivity contribution < 1.29 is 5.11 Å². The Morgan fingerprint density at radius 3 is 2.62 bits per heavy atom. The van der Waals surface area contributed by atoms with Crippen molar-refractivity contribution in [3.8, 4) is 0 Å². The van der Waals surface area contributed by atoms with Gasteiger partial charge in [0.2, 0.25) is 0 Å². The molecule has 1 aromatic rings. The van der Waals surface area contributed by atoms with Gasteiger partial charge in [-0.05, 0) is 11.5 Å². The molecule has 1 aliphatic rings. The second-order valence-corrected chi connectivity index (χ2v) is 5.37. The van der Waals surface area contributed by atoms with Gasteiger partial charge in [0.25, 0.3) is 0 Å². The maximum atomic E-state index is 9.45. The fourth-order valence-corrected chi connectivity index (χ4v) is 2.51. The lowest BCUT2D eigenvalue weighted by Gasteiger charge is -2.25. The van der Waals surface area contributed by atoms with Crippen molar-refractivity contribution >= 4 is 0 Å². The molecule has 0 aromatic heterocycles. The molecule has 0 unspecified atom stereocenters. The molecule has 0 amide bonds. The number of likely N-dealkylation sites (tertiary alicyclic amines) is 1. The van der Waals surface area contributed by atoms with Crippen LogP contribution in [-0.4, -0.2) is 29.7 Å². The Morgan fingerprint density at radius 1 is 1.38 bits per heavy atom. The average molecular weight is 219 g/mol. The van der Waals surface area contributed by atoms with Crippen LogP contribution < -0.4 is 0 Å². The Balaban J connectivity index is 1.99. The van der Waals surface area contributed by atoms with Crippen molar-refractivity contribution in [3.05, 3.63) is 35.9 Å². The first-order valence-electron chi connectivity index (χ1n) is 6.01. The molecule has 2 heteroatoms. The van der Waals surface area contributed by atoms with E-state index in [0.29, 0.717) is 12.5 Å². The van der Waals surface area contributed by atoms with Crippen molar-refractivity contribution in [1.29, 1.82) is 0 Å². The lowest BCUT2D eigenvalue weighted by molar-refractivity contribution is 0.117. The van der Waals surface area contributed by atoms with Gasteiger partial charge in [-0.2, -0.15) is 0 Å².